The summed E-state index contributed by atoms with van der Waals surface area (Å²) in [6, 6.07) is 6.75. The molecule has 2 N–H and O–H groups in total. The van der Waals surface area contributed by atoms with Crippen molar-refractivity contribution < 1.29 is 28.9 Å². The fourth-order valence-corrected chi connectivity index (χ4v) is 3.52. The molecule has 2 rings (SSSR count). The lowest BCUT2D eigenvalue weighted by Gasteiger charge is -2.15. The lowest BCUT2D eigenvalue weighted by atomic mass is 10.1. The van der Waals surface area contributed by atoms with E-state index in [0.717, 1.165) is 4.57 Å². The molecule has 0 unspecified atom stereocenters. The van der Waals surface area contributed by atoms with E-state index in [0.29, 0.717) is 33.6 Å². The molecule has 0 bridgehead atoms. The van der Waals surface area contributed by atoms with Crippen molar-refractivity contribution in [1.29, 1.82) is 5.26 Å². The maximum absolute atomic E-state index is 12.7. The summed E-state index contributed by atoms with van der Waals surface area (Å²) in [4.78, 5) is 36.1. The van der Waals surface area contributed by atoms with Gasteiger partial charge < -0.3 is 23.9 Å². The second-order valence-corrected chi connectivity index (χ2v) is 7.57. The van der Waals surface area contributed by atoms with Crippen molar-refractivity contribution in [2.45, 2.75) is 27.0 Å². The van der Waals surface area contributed by atoms with Crippen molar-refractivity contribution in [1.82, 2.24) is 9.99 Å². The van der Waals surface area contributed by atoms with Crippen LogP contribution in [0.3, 0.4) is 0 Å². The molecule has 0 spiro atoms. The number of halogens is 1. The molecule has 11 nitrogen and oxygen atoms in total. The van der Waals surface area contributed by atoms with E-state index in [1.54, 1.807) is 32.0 Å². The number of aromatic nitrogens is 1. The van der Waals surface area contributed by atoms with Gasteiger partial charge in [0.2, 0.25) is 0 Å². The van der Waals surface area contributed by atoms with Crippen LogP contribution in [0.5, 0.6) is 11.5 Å². The molecule has 0 radical (unpaired) electrons. The van der Waals surface area contributed by atoms with E-state index < -0.39 is 24.0 Å². The molecule has 1 aromatic heterocycles. The Hall–Kier alpha value is -3.69. The minimum Gasteiger partial charge on any atom is -0.490 e. The third-order valence-electron chi connectivity index (χ3n) is 4.49. The van der Waals surface area contributed by atoms with Gasteiger partial charge in [-0.05, 0) is 41.9 Å². The minimum absolute atomic E-state index is 0.0595. The number of carbonyl (C=O) groups is 2. The molecule has 1 amide bonds. The summed E-state index contributed by atoms with van der Waals surface area (Å²) in [5.74, 6) is -1.30. The Balaban J connectivity index is 2.25. The van der Waals surface area contributed by atoms with E-state index in [1.807, 2.05) is 6.07 Å². The van der Waals surface area contributed by atoms with Crippen LogP contribution in [0.1, 0.15) is 29.3 Å². The first-order valence-electron chi connectivity index (χ1n) is 9.98. The molecule has 34 heavy (non-hydrogen) atoms. The molecule has 1 aromatic carbocycles. The van der Waals surface area contributed by atoms with E-state index in [-0.39, 0.29) is 24.5 Å². The maximum atomic E-state index is 12.7. The van der Waals surface area contributed by atoms with Crippen molar-refractivity contribution >= 4 is 34.0 Å². The SMILES string of the molecule is CCOc1cccc(/C=N\NC(=O)Cn2c(C)c(Br)c(COC)c(C#N)c2=O)c1OCC(=O)O. The number of amides is 1. The molecule has 180 valence electrons. The Morgan fingerprint density at radius 2 is 2.09 bits per heavy atom. The molecule has 0 aliphatic rings. The van der Waals surface area contributed by atoms with Gasteiger partial charge in [-0.2, -0.15) is 10.4 Å². The third-order valence-corrected chi connectivity index (χ3v) is 5.54. The number of carbonyl (C=O) groups excluding carboxylic acids is 1. The van der Waals surface area contributed by atoms with Crippen LogP contribution in [-0.4, -0.2) is 48.1 Å². The normalized spacial score (nSPS) is 10.7. The quantitative estimate of drug-likeness (QED) is 0.327. The summed E-state index contributed by atoms with van der Waals surface area (Å²) in [6.45, 7) is 2.82. The molecule has 0 fully saturated rings. The van der Waals surface area contributed by atoms with Crippen LogP contribution in [0, 0.1) is 18.3 Å². The largest absolute Gasteiger partial charge is 0.490 e. The fourth-order valence-electron chi connectivity index (χ4n) is 2.99. The number of para-hydroxylation sites is 1. The van der Waals surface area contributed by atoms with Crippen LogP contribution >= 0.6 is 15.9 Å². The van der Waals surface area contributed by atoms with Crippen molar-refractivity contribution in [3.05, 3.63) is 55.4 Å². The number of methoxy groups -OCH3 is 1. The number of nitrogens with one attached hydrogen (secondary N) is 1. The van der Waals surface area contributed by atoms with Crippen molar-refractivity contribution in [2.24, 2.45) is 5.10 Å². The number of pyridine rings is 1. The molecule has 0 aliphatic heterocycles. The van der Waals surface area contributed by atoms with Gasteiger partial charge >= 0.3 is 5.97 Å². The number of ether oxygens (including phenoxy) is 3. The summed E-state index contributed by atoms with van der Waals surface area (Å²) in [6.07, 6.45) is 1.27. The smallest absolute Gasteiger partial charge is 0.341 e. The Labute approximate surface area is 203 Å². The van der Waals surface area contributed by atoms with Crippen LogP contribution < -0.4 is 20.5 Å². The molecule has 12 heteroatoms. The van der Waals surface area contributed by atoms with Crippen LogP contribution in [-0.2, 0) is 27.5 Å². The number of benzene rings is 1. The number of hydrazone groups is 1. The van der Waals surface area contributed by atoms with E-state index in [1.165, 1.54) is 13.3 Å². The average Bonchev–Trinajstić information content (AvgIpc) is 2.80. The standard InChI is InChI=1S/C22H23BrN4O7/c1-4-33-17-7-5-6-14(21(17)34-12-19(29)30)9-25-26-18(28)10-27-13(2)20(23)16(11-32-3)15(8-24)22(27)31/h5-7,9H,4,10-12H2,1-3H3,(H,26,28)(H,29,30)/b25-9-. The van der Waals surface area contributed by atoms with Gasteiger partial charge in [0, 0.05) is 28.4 Å². The topological polar surface area (TPSA) is 152 Å². The maximum Gasteiger partial charge on any atom is 0.341 e. The van der Waals surface area contributed by atoms with E-state index in [4.69, 9.17) is 19.3 Å². The Morgan fingerprint density at radius 3 is 2.71 bits per heavy atom. The summed E-state index contributed by atoms with van der Waals surface area (Å²) in [7, 11) is 1.45. The number of hydrogen-bond acceptors (Lipinski definition) is 8. The molecular weight excluding hydrogens is 512 g/mol. The van der Waals surface area contributed by atoms with Crippen LogP contribution in [0.25, 0.3) is 0 Å². The first-order valence-corrected chi connectivity index (χ1v) is 10.8. The van der Waals surface area contributed by atoms with Crippen LogP contribution in [0.4, 0.5) is 0 Å². The molecule has 0 saturated carbocycles. The molecule has 2 aromatic rings. The average molecular weight is 535 g/mol. The molecule has 1 heterocycles. The number of carboxylic acid groups (broad SMARTS) is 1. The highest BCUT2D eigenvalue weighted by Gasteiger charge is 2.19. The highest BCUT2D eigenvalue weighted by atomic mass is 79.9. The molecule has 0 aliphatic carbocycles. The summed E-state index contributed by atoms with van der Waals surface area (Å²) >= 11 is 3.36. The zero-order chi connectivity index (χ0) is 25.3. The number of aliphatic carboxylic acids is 1. The second kappa shape index (κ2) is 12.5. The van der Waals surface area contributed by atoms with Gasteiger partial charge in [0.15, 0.2) is 18.1 Å². The number of hydrogen-bond donors (Lipinski definition) is 2. The van der Waals surface area contributed by atoms with Crippen molar-refractivity contribution in [2.75, 3.05) is 20.3 Å². The summed E-state index contributed by atoms with van der Waals surface area (Å²) in [5, 5.41) is 22.2. The van der Waals surface area contributed by atoms with E-state index in [2.05, 4.69) is 26.5 Å². The highest BCUT2D eigenvalue weighted by Crippen LogP contribution is 2.30. The van der Waals surface area contributed by atoms with Gasteiger partial charge in [-0.3, -0.25) is 9.59 Å². The van der Waals surface area contributed by atoms with Gasteiger partial charge in [-0.25, -0.2) is 10.2 Å². The summed E-state index contributed by atoms with van der Waals surface area (Å²) < 4.78 is 17.5. The Bertz CT molecular complexity index is 1200. The zero-order valence-electron chi connectivity index (χ0n) is 18.8. The number of rotatable bonds is 11. The Morgan fingerprint density at radius 1 is 1.35 bits per heavy atom. The predicted octanol–water partition coefficient (Wildman–Crippen LogP) is 1.95. The van der Waals surface area contributed by atoms with E-state index >= 15 is 0 Å². The lowest BCUT2D eigenvalue weighted by molar-refractivity contribution is -0.139. The number of carboxylic acids is 1. The van der Waals surface area contributed by atoms with E-state index in [9.17, 15) is 19.6 Å². The minimum atomic E-state index is -1.16. The second-order valence-electron chi connectivity index (χ2n) is 6.77. The van der Waals surface area contributed by atoms with Gasteiger partial charge in [0.1, 0.15) is 18.2 Å². The lowest BCUT2D eigenvalue weighted by Crippen LogP contribution is -2.33. The van der Waals surface area contributed by atoms with Gasteiger partial charge in [0.05, 0.1) is 19.4 Å². The zero-order valence-corrected chi connectivity index (χ0v) is 20.3. The summed E-state index contributed by atoms with van der Waals surface area (Å²) in [5.41, 5.74) is 2.80. The molecule has 0 saturated heterocycles. The third kappa shape index (κ3) is 6.43. The van der Waals surface area contributed by atoms with Crippen molar-refractivity contribution in [3.63, 3.8) is 0 Å². The van der Waals surface area contributed by atoms with Crippen LogP contribution in [0.2, 0.25) is 0 Å². The number of nitriles is 1. The first kappa shape index (κ1) is 26.6. The predicted molar refractivity (Wildman–Crippen MR) is 125 cm³/mol. The Kier molecular flexibility index (Phi) is 9.78. The van der Waals surface area contributed by atoms with Crippen molar-refractivity contribution in [3.8, 4) is 17.6 Å². The van der Waals surface area contributed by atoms with Gasteiger partial charge in [0.25, 0.3) is 11.5 Å². The number of nitrogens with zero attached hydrogens (tertiary/aromatic N) is 3. The molecular formula is C22H23BrN4O7. The fraction of sp³-hybridized carbons (Fsp3) is 0.318. The monoisotopic (exact) mass is 534 g/mol. The molecule has 0 atom stereocenters. The highest BCUT2D eigenvalue weighted by molar-refractivity contribution is 9.10. The van der Waals surface area contributed by atoms with Gasteiger partial charge in [-0.15, -0.1) is 0 Å². The van der Waals surface area contributed by atoms with Gasteiger partial charge in [-0.1, -0.05) is 6.07 Å². The van der Waals surface area contributed by atoms with Crippen LogP contribution in [0.15, 0.2) is 32.6 Å². The first-order chi connectivity index (χ1) is 16.2.